The van der Waals surface area contributed by atoms with Gasteiger partial charge in [0.1, 0.15) is 0 Å². The summed E-state index contributed by atoms with van der Waals surface area (Å²) in [4.78, 5) is 7.72. The molecule has 0 fully saturated rings. The van der Waals surface area contributed by atoms with Gasteiger partial charge in [-0.1, -0.05) is 189 Å². The fourth-order valence-electron chi connectivity index (χ4n) is 12.9. The van der Waals surface area contributed by atoms with Crippen molar-refractivity contribution in [2.24, 2.45) is 0 Å². The molecule has 5 heteroatoms. The van der Waals surface area contributed by atoms with E-state index < -0.39 is 8.07 Å². The molecule has 352 valence electrons. The third kappa shape index (κ3) is 6.55. The van der Waals surface area contributed by atoms with Crippen LogP contribution in [0.4, 0.5) is 51.2 Å². The van der Waals surface area contributed by atoms with E-state index in [1.165, 1.54) is 106 Å². The molecule has 0 bridgehead atoms. The van der Waals surface area contributed by atoms with Crippen molar-refractivity contribution < 1.29 is 0 Å². The zero-order chi connectivity index (χ0) is 49.6. The highest BCUT2D eigenvalue weighted by molar-refractivity contribution is 7.00. The van der Waals surface area contributed by atoms with E-state index >= 15 is 0 Å². The van der Waals surface area contributed by atoms with E-state index in [9.17, 15) is 0 Å². The van der Waals surface area contributed by atoms with Gasteiger partial charge in [0.15, 0.2) is 0 Å². The predicted molar refractivity (Wildman–Crippen MR) is 312 cm³/mol. The molecule has 13 rings (SSSR count). The summed E-state index contributed by atoms with van der Waals surface area (Å²) in [5, 5.41) is 1.44. The van der Waals surface area contributed by atoms with E-state index in [0.29, 0.717) is 0 Å². The van der Waals surface area contributed by atoms with E-state index in [2.05, 4.69) is 277 Å². The molecule has 2 aliphatic carbocycles. The average molecular weight is 948 g/mol. The number of benzene rings is 9. The van der Waals surface area contributed by atoms with Crippen LogP contribution in [0, 0.1) is 0 Å². The Morgan fingerprint density at radius 1 is 0.417 bits per heavy atom. The first-order chi connectivity index (χ1) is 34.5. The third-order valence-electron chi connectivity index (χ3n) is 16.7. The second-order valence-electron chi connectivity index (χ2n) is 23.9. The Hall–Kier alpha value is -7.34. The average Bonchev–Trinajstić information content (AvgIpc) is 3.74. The van der Waals surface area contributed by atoms with Crippen LogP contribution >= 0.6 is 0 Å². The Labute approximate surface area is 428 Å². The maximum Gasteiger partial charge on any atom is 0.252 e. The summed E-state index contributed by atoms with van der Waals surface area (Å²) >= 11 is 0. The fraction of sp³-hybridized carbons (Fsp3) is 0.194. The first kappa shape index (κ1) is 44.6. The molecular formula is C67H62BN3Si. The molecule has 0 saturated heterocycles. The molecule has 0 amide bonds. The first-order valence-corrected chi connectivity index (χ1v) is 29.5. The van der Waals surface area contributed by atoms with Gasteiger partial charge >= 0.3 is 0 Å². The molecule has 0 radical (unpaired) electrons. The lowest BCUT2D eigenvalue weighted by atomic mass is 9.33. The van der Waals surface area contributed by atoms with E-state index in [-0.39, 0.29) is 23.0 Å². The Kier molecular flexibility index (Phi) is 9.65. The largest absolute Gasteiger partial charge is 0.311 e. The zero-order valence-electron chi connectivity index (χ0n) is 43.4. The van der Waals surface area contributed by atoms with Crippen LogP contribution in [0.3, 0.4) is 0 Å². The predicted octanol–water partition coefficient (Wildman–Crippen LogP) is 15.7. The zero-order valence-corrected chi connectivity index (χ0v) is 44.4. The van der Waals surface area contributed by atoms with Crippen LogP contribution < -0.4 is 36.3 Å². The minimum atomic E-state index is -1.96. The van der Waals surface area contributed by atoms with E-state index in [1.807, 2.05) is 0 Å². The molecule has 0 spiro atoms. The number of hydrogen-bond acceptors (Lipinski definition) is 3. The monoisotopic (exact) mass is 947 g/mol. The van der Waals surface area contributed by atoms with Crippen molar-refractivity contribution in [3.63, 3.8) is 0 Å². The molecule has 9 aromatic rings. The molecule has 3 nitrogen and oxygen atoms in total. The second kappa shape index (κ2) is 15.6. The molecule has 0 aromatic heterocycles. The Bertz CT molecular complexity index is 3650. The number of hydrogen-bond donors (Lipinski definition) is 0. The van der Waals surface area contributed by atoms with Crippen molar-refractivity contribution in [1.29, 1.82) is 0 Å². The summed E-state index contributed by atoms with van der Waals surface area (Å²) in [6.45, 7) is 24.1. The van der Waals surface area contributed by atoms with Crippen molar-refractivity contribution in [3.05, 3.63) is 222 Å². The van der Waals surface area contributed by atoms with Gasteiger partial charge in [-0.15, -0.1) is 0 Å². The van der Waals surface area contributed by atoms with E-state index in [4.69, 9.17) is 0 Å². The van der Waals surface area contributed by atoms with Crippen molar-refractivity contribution in [2.75, 3.05) is 14.7 Å². The highest BCUT2D eigenvalue weighted by atomic mass is 28.3. The number of para-hydroxylation sites is 2. The van der Waals surface area contributed by atoms with E-state index in [0.717, 1.165) is 17.1 Å². The normalized spacial score (nSPS) is 15.2. The van der Waals surface area contributed by atoms with Crippen LogP contribution in [-0.2, 0) is 16.2 Å². The number of rotatable bonds is 6. The van der Waals surface area contributed by atoms with Gasteiger partial charge in [0, 0.05) is 62.0 Å². The molecule has 0 N–H and O–H groups in total. The summed E-state index contributed by atoms with van der Waals surface area (Å²) in [6.07, 6.45) is 0. The summed E-state index contributed by atoms with van der Waals surface area (Å²) < 4.78 is 0. The lowest BCUT2D eigenvalue weighted by molar-refractivity contribution is 0.591. The molecule has 0 unspecified atom stereocenters. The van der Waals surface area contributed by atoms with Crippen molar-refractivity contribution in [2.45, 2.75) is 84.4 Å². The maximum absolute atomic E-state index is 2.66. The summed E-state index contributed by atoms with van der Waals surface area (Å²) in [6, 6.07) is 74.4. The maximum atomic E-state index is 2.66. The highest BCUT2D eigenvalue weighted by Crippen LogP contribution is 2.54. The van der Waals surface area contributed by atoms with Gasteiger partial charge in [-0.25, -0.2) is 0 Å². The Morgan fingerprint density at radius 2 is 0.944 bits per heavy atom. The minimum Gasteiger partial charge on any atom is -0.311 e. The quantitative estimate of drug-likeness (QED) is 0.154. The Morgan fingerprint density at radius 3 is 1.57 bits per heavy atom. The third-order valence-corrected chi connectivity index (χ3v) is 18.7. The summed E-state index contributed by atoms with van der Waals surface area (Å²) in [5.41, 5.74) is 26.7. The molecule has 4 aliphatic rings. The van der Waals surface area contributed by atoms with Crippen LogP contribution in [0.15, 0.2) is 194 Å². The standard InChI is InChI=1S/C67H62BN3Si/c1-65(2,3)43-29-36-60-59(37-43)68-58-35-32-48(69(44-21-13-11-14-22-44)45-23-15-12-16-24-45)40-61(58)71(47-30-33-52-50-25-17-19-27-54(50)67(6,7)57(52)39-47)63-42-49(72(8,9)10)41-62(64(63)68)70(60)46-31-34-56-53(38-46)51-26-18-20-28-55(51)66(56,4)5/h11-42H,1-10H3. The summed E-state index contributed by atoms with van der Waals surface area (Å²) in [5.74, 6) is 0. The summed E-state index contributed by atoms with van der Waals surface area (Å²) in [7, 11) is -1.96. The van der Waals surface area contributed by atoms with Gasteiger partial charge in [0.2, 0.25) is 0 Å². The van der Waals surface area contributed by atoms with Crippen LogP contribution in [0.1, 0.15) is 76.3 Å². The highest BCUT2D eigenvalue weighted by Gasteiger charge is 2.46. The van der Waals surface area contributed by atoms with Gasteiger partial charge in [0.25, 0.3) is 6.71 Å². The van der Waals surface area contributed by atoms with Gasteiger partial charge < -0.3 is 14.7 Å². The van der Waals surface area contributed by atoms with Gasteiger partial charge in [-0.3, -0.25) is 0 Å². The van der Waals surface area contributed by atoms with Crippen molar-refractivity contribution in [3.8, 4) is 22.3 Å². The van der Waals surface area contributed by atoms with Crippen LogP contribution in [0.25, 0.3) is 22.3 Å². The van der Waals surface area contributed by atoms with Crippen LogP contribution in [0.5, 0.6) is 0 Å². The number of nitrogens with zero attached hydrogens (tertiary/aromatic N) is 3. The second-order valence-corrected chi connectivity index (χ2v) is 28.9. The van der Waals surface area contributed by atoms with Crippen molar-refractivity contribution >= 4 is 87.5 Å². The fourth-order valence-corrected chi connectivity index (χ4v) is 14.0. The van der Waals surface area contributed by atoms with Gasteiger partial charge in [-0.2, -0.15) is 0 Å². The lowest BCUT2D eigenvalue weighted by Gasteiger charge is -2.46. The molecule has 9 aromatic carbocycles. The van der Waals surface area contributed by atoms with E-state index in [1.54, 1.807) is 0 Å². The van der Waals surface area contributed by atoms with Crippen LogP contribution in [-0.4, -0.2) is 14.8 Å². The smallest absolute Gasteiger partial charge is 0.252 e. The SMILES string of the molecule is CC(C)(C)c1ccc2c(c1)B1c3ccc(N(c4ccccc4)c4ccccc4)cc3N(c3ccc4c(c3)C(C)(C)c3ccccc3-4)c3cc([Si](C)(C)C)cc(c31)N2c1ccc2c(c1)-c1ccccc1C2(C)C. The molecular weight excluding hydrogens is 886 g/mol. The van der Waals surface area contributed by atoms with Crippen molar-refractivity contribution in [1.82, 2.24) is 0 Å². The van der Waals surface area contributed by atoms with Gasteiger partial charge in [0.05, 0.1) is 8.07 Å². The first-order valence-electron chi connectivity index (χ1n) is 26.0. The minimum absolute atomic E-state index is 0.0226. The molecule has 2 aliphatic heterocycles. The molecule has 0 atom stereocenters. The molecule has 72 heavy (non-hydrogen) atoms. The molecule has 2 heterocycles. The number of fused-ring (bicyclic) bond motifs is 10. The Balaban J connectivity index is 1.12. The molecule has 0 saturated carbocycles. The van der Waals surface area contributed by atoms with Crippen LogP contribution in [0.2, 0.25) is 19.6 Å². The topological polar surface area (TPSA) is 9.72 Å². The lowest BCUT2D eigenvalue weighted by Crippen LogP contribution is -2.62. The number of anilines is 9. The van der Waals surface area contributed by atoms with Gasteiger partial charge in [-0.05, 0) is 151 Å².